The fourth-order valence-electron chi connectivity index (χ4n) is 3.67. The summed E-state index contributed by atoms with van der Waals surface area (Å²) in [5.41, 5.74) is -0.0171. The second-order valence-corrected chi connectivity index (χ2v) is 7.83. The molecule has 0 bridgehead atoms. The Bertz CT molecular complexity index is 405. The molecule has 1 aliphatic rings. The summed E-state index contributed by atoms with van der Waals surface area (Å²) >= 11 is 0. The largest absolute Gasteiger partial charge is 0.341 e. The van der Waals surface area contributed by atoms with Crippen molar-refractivity contribution < 1.29 is 9.59 Å². The zero-order valence-electron chi connectivity index (χ0n) is 15.6. The Morgan fingerprint density at radius 2 is 1.74 bits per heavy atom. The van der Waals surface area contributed by atoms with Crippen molar-refractivity contribution in [2.75, 3.05) is 20.1 Å². The number of carbonyl (C=O) groups is 2. The van der Waals surface area contributed by atoms with Gasteiger partial charge in [-0.25, -0.2) is 4.79 Å². The van der Waals surface area contributed by atoms with Crippen LogP contribution in [0.1, 0.15) is 60.3 Å². The highest BCUT2D eigenvalue weighted by atomic mass is 16.2. The smallest absolute Gasteiger partial charge is 0.314 e. The fourth-order valence-corrected chi connectivity index (χ4v) is 3.67. The van der Waals surface area contributed by atoms with E-state index in [2.05, 4.69) is 50.6 Å². The van der Waals surface area contributed by atoms with Gasteiger partial charge in [-0.15, -0.1) is 0 Å². The zero-order chi connectivity index (χ0) is 17.7. The quantitative estimate of drug-likeness (QED) is 0.697. The number of hydrogen-bond donors (Lipinski definition) is 3. The maximum absolute atomic E-state index is 12.7. The third kappa shape index (κ3) is 6.37. The van der Waals surface area contributed by atoms with Crippen LogP contribution in [0, 0.1) is 0 Å². The molecule has 0 atom stereocenters. The maximum atomic E-state index is 12.7. The molecule has 1 rings (SSSR count). The molecule has 0 aromatic carbocycles. The molecule has 6 heteroatoms. The lowest BCUT2D eigenvalue weighted by Crippen LogP contribution is -2.63. The number of hydrogen-bond acceptors (Lipinski definition) is 3. The lowest BCUT2D eigenvalue weighted by Gasteiger charge is -2.49. The molecule has 0 aliphatic carbocycles. The molecule has 0 aromatic heterocycles. The molecule has 134 valence electrons. The van der Waals surface area contributed by atoms with Gasteiger partial charge in [0.05, 0.1) is 6.54 Å². The van der Waals surface area contributed by atoms with Crippen LogP contribution in [0.15, 0.2) is 0 Å². The van der Waals surface area contributed by atoms with Crippen molar-refractivity contribution in [2.45, 2.75) is 77.4 Å². The second kappa shape index (κ2) is 7.99. The van der Waals surface area contributed by atoms with Gasteiger partial charge >= 0.3 is 6.03 Å². The van der Waals surface area contributed by atoms with Crippen molar-refractivity contribution in [3.8, 4) is 0 Å². The SMILES string of the molecule is CCCCN(C(=O)CNC(=O)NC)C1CC(C)(C)NC(C)(C)C1. The van der Waals surface area contributed by atoms with Gasteiger partial charge in [0.2, 0.25) is 5.91 Å². The Balaban J connectivity index is 2.83. The third-order valence-corrected chi connectivity index (χ3v) is 4.31. The molecule has 0 saturated carbocycles. The molecule has 0 radical (unpaired) electrons. The van der Waals surface area contributed by atoms with E-state index < -0.39 is 0 Å². The van der Waals surface area contributed by atoms with Gasteiger partial charge in [-0.3, -0.25) is 4.79 Å². The number of piperidine rings is 1. The van der Waals surface area contributed by atoms with Crippen LogP contribution in [0.2, 0.25) is 0 Å². The topological polar surface area (TPSA) is 73.5 Å². The number of nitrogens with zero attached hydrogens (tertiary/aromatic N) is 1. The summed E-state index contributed by atoms with van der Waals surface area (Å²) in [5, 5.41) is 8.74. The fraction of sp³-hybridized carbons (Fsp3) is 0.882. The van der Waals surface area contributed by atoms with Crippen LogP contribution in [0.4, 0.5) is 4.79 Å². The molecule has 1 aliphatic heterocycles. The monoisotopic (exact) mass is 326 g/mol. The van der Waals surface area contributed by atoms with E-state index in [0.29, 0.717) is 0 Å². The van der Waals surface area contributed by atoms with E-state index in [1.165, 1.54) is 0 Å². The van der Waals surface area contributed by atoms with E-state index in [9.17, 15) is 9.59 Å². The summed E-state index contributed by atoms with van der Waals surface area (Å²) in [6.45, 7) is 11.7. The van der Waals surface area contributed by atoms with Gasteiger partial charge in [-0.2, -0.15) is 0 Å². The van der Waals surface area contributed by atoms with Crippen molar-refractivity contribution in [1.29, 1.82) is 0 Å². The maximum Gasteiger partial charge on any atom is 0.314 e. The Hall–Kier alpha value is -1.30. The number of unbranched alkanes of at least 4 members (excludes halogenated alkanes) is 1. The number of carbonyl (C=O) groups excluding carboxylic acids is 2. The minimum Gasteiger partial charge on any atom is -0.341 e. The molecule has 1 heterocycles. The van der Waals surface area contributed by atoms with Crippen molar-refractivity contribution in [3.63, 3.8) is 0 Å². The minimum atomic E-state index is -0.320. The first-order valence-electron chi connectivity index (χ1n) is 8.64. The molecular formula is C17H34N4O2. The van der Waals surface area contributed by atoms with Gasteiger partial charge in [0.1, 0.15) is 0 Å². The Labute approximate surface area is 140 Å². The first-order valence-corrected chi connectivity index (χ1v) is 8.64. The zero-order valence-corrected chi connectivity index (χ0v) is 15.6. The summed E-state index contributed by atoms with van der Waals surface area (Å²) in [7, 11) is 1.55. The number of urea groups is 1. The van der Waals surface area contributed by atoms with Crippen molar-refractivity contribution in [3.05, 3.63) is 0 Å². The van der Waals surface area contributed by atoms with Crippen LogP contribution < -0.4 is 16.0 Å². The van der Waals surface area contributed by atoms with E-state index in [4.69, 9.17) is 0 Å². The highest BCUT2D eigenvalue weighted by Gasteiger charge is 2.40. The van der Waals surface area contributed by atoms with Gasteiger partial charge < -0.3 is 20.9 Å². The van der Waals surface area contributed by atoms with Crippen molar-refractivity contribution >= 4 is 11.9 Å². The van der Waals surface area contributed by atoms with Crippen LogP contribution >= 0.6 is 0 Å². The number of amides is 3. The molecule has 1 fully saturated rings. The van der Waals surface area contributed by atoms with E-state index in [-0.39, 0.29) is 35.6 Å². The molecule has 6 nitrogen and oxygen atoms in total. The van der Waals surface area contributed by atoms with E-state index in [1.54, 1.807) is 7.05 Å². The molecular weight excluding hydrogens is 292 g/mol. The van der Waals surface area contributed by atoms with Crippen molar-refractivity contribution in [2.24, 2.45) is 0 Å². The highest BCUT2D eigenvalue weighted by Crippen LogP contribution is 2.31. The molecule has 23 heavy (non-hydrogen) atoms. The Morgan fingerprint density at radius 3 is 2.22 bits per heavy atom. The molecule has 1 saturated heterocycles. The van der Waals surface area contributed by atoms with Gasteiger partial charge in [0.25, 0.3) is 0 Å². The average molecular weight is 326 g/mol. The van der Waals surface area contributed by atoms with Crippen LogP contribution in [-0.2, 0) is 4.79 Å². The van der Waals surface area contributed by atoms with Crippen LogP contribution in [-0.4, -0.2) is 54.1 Å². The van der Waals surface area contributed by atoms with E-state index in [1.807, 2.05) is 4.90 Å². The standard InChI is InChI=1S/C17H34N4O2/c1-7-8-9-21(14(22)12-19-15(23)18-6)13-10-16(2,3)20-17(4,5)11-13/h13,20H,7-12H2,1-6H3,(H2,18,19,23). The first kappa shape index (κ1) is 19.7. The highest BCUT2D eigenvalue weighted by molar-refractivity contribution is 5.84. The predicted molar refractivity (Wildman–Crippen MR) is 93.4 cm³/mol. The summed E-state index contributed by atoms with van der Waals surface area (Å²) in [6.07, 6.45) is 3.87. The van der Waals surface area contributed by atoms with Crippen LogP contribution in [0.3, 0.4) is 0 Å². The van der Waals surface area contributed by atoms with Crippen LogP contribution in [0.25, 0.3) is 0 Å². The van der Waals surface area contributed by atoms with Gasteiger partial charge in [-0.1, -0.05) is 13.3 Å². The van der Waals surface area contributed by atoms with Gasteiger partial charge in [0, 0.05) is 30.7 Å². The first-order chi connectivity index (χ1) is 10.6. The Morgan fingerprint density at radius 1 is 1.17 bits per heavy atom. The Kier molecular flexibility index (Phi) is 6.86. The third-order valence-electron chi connectivity index (χ3n) is 4.31. The lowest BCUT2D eigenvalue weighted by molar-refractivity contribution is -0.134. The van der Waals surface area contributed by atoms with Gasteiger partial charge in [-0.05, 0) is 47.0 Å². The number of rotatable bonds is 6. The predicted octanol–water partition coefficient (Wildman–Crippen LogP) is 1.85. The second-order valence-electron chi connectivity index (χ2n) is 7.83. The minimum absolute atomic E-state index is 0.000509. The molecule has 0 unspecified atom stereocenters. The molecule has 3 amide bonds. The summed E-state index contributed by atoms with van der Waals surface area (Å²) in [6, 6.07) is -0.119. The van der Waals surface area contributed by atoms with E-state index >= 15 is 0 Å². The normalized spacial score (nSPS) is 19.9. The van der Waals surface area contributed by atoms with Gasteiger partial charge in [0.15, 0.2) is 0 Å². The molecule has 3 N–H and O–H groups in total. The molecule has 0 aromatic rings. The summed E-state index contributed by atoms with van der Waals surface area (Å²) in [4.78, 5) is 26.0. The van der Waals surface area contributed by atoms with Crippen molar-refractivity contribution in [1.82, 2.24) is 20.9 Å². The van der Waals surface area contributed by atoms with E-state index in [0.717, 1.165) is 32.2 Å². The van der Waals surface area contributed by atoms with Crippen LogP contribution in [0.5, 0.6) is 0 Å². The number of nitrogens with one attached hydrogen (secondary N) is 3. The lowest BCUT2D eigenvalue weighted by atomic mass is 9.79. The summed E-state index contributed by atoms with van der Waals surface area (Å²) < 4.78 is 0. The average Bonchev–Trinajstić information content (AvgIpc) is 2.41. The summed E-state index contributed by atoms with van der Waals surface area (Å²) in [5.74, 6) is 0.000509. The molecule has 0 spiro atoms.